The highest BCUT2D eigenvalue weighted by atomic mass is 19.4. The summed E-state index contributed by atoms with van der Waals surface area (Å²) in [7, 11) is 0. The summed E-state index contributed by atoms with van der Waals surface area (Å²) in [5, 5.41) is 0. The van der Waals surface area contributed by atoms with Gasteiger partial charge in [-0.2, -0.15) is 13.2 Å². The van der Waals surface area contributed by atoms with E-state index in [0.29, 0.717) is 11.1 Å². The Hall–Kier alpha value is -2.43. The van der Waals surface area contributed by atoms with Gasteiger partial charge in [-0.1, -0.05) is 42.5 Å². The Bertz CT molecular complexity index is 762. The fourth-order valence-electron chi connectivity index (χ4n) is 2.76. The maximum Gasteiger partial charge on any atom is 0.416 e. The topological polar surface area (TPSA) is 34.1 Å². The summed E-state index contributed by atoms with van der Waals surface area (Å²) in [5.74, 6) is -2.18. The predicted molar refractivity (Wildman–Crippen MR) is 73.4 cm³/mol. The number of hydrogen-bond acceptors (Lipinski definition) is 2. The lowest BCUT2D eigenvalue weighted by Gasteiger charge is -2.24. The van der Waals surface area contributed by atoms with Crippen molar-refractivity contribution < 1.29 is 22.8 Å². The summed E-state index contributed by atoms with van der Waals surface area (Å²) in [6, 6.07) is 11.5. The first-order valence-corrected chi connectivity index (χ1v) is 6.70. The summed E-state index contributed by atoms with van der Waals surface area (Å²) in [4.78, 5) is 24.1. The molecule has 3 rings (SSSR count). The van der Waals surface area contributed by atoms with Crippen LogP contribution in [0.25, 0.3) is 0 Å². The van der Waals surface area contributed by atoms with Crippen molar-refractivity contribution in [1.29, 1.82) is 0 Å². The van der Waals surface area contributed by atoms with Crippen molar-refractivity contribution >= 4 is 11.6 Å². The molecule has 2 aromatic carbocycles. The van der Waals surface area contributed by atoms with E-state index in [1.165, 1.54) is 12.1 Å². The molecule has 0 fully saturated rings. The molecule has 1 aliphatic carbocycles. The van der Waals surface area contributed by atoms with E-state index in [1.807, 2.05) is 0 Å². The third kappa shape index (κ3) is 2.43. The van der Waals surface area contributed by atoms with Crippen molar-refractivity contribution in [1.82, 2.24) is 0 Å². The molecule has 2 aromatic rings. The van der Waals surface area contributed by atoms with Crippen LogP contribution < -0.4 is 0 Å². The van der Waals surface area contributed by atoms with E-state index < -0.39 is 29.2 Å². The second kappa shape index (κ2) is 5.09. The minimum atomic E-state index is -4.49. The number of carbonyl (C=O) groups is 2. The molecule has 1 unspecified atom stereocenters. The van der Waals surface area contributed by atoms with Gasteiger partial charge in [-0.05, 0) is 22.8 Å². The first-order valence-electron chi connectivity index (χ1n) is 6.70. The molecular formula is C17H11F3O2. The van der Waals surface area contributed by atoms with Crippen LogP contribution in [0.2, 0.25) is 0 Å². The number of halogens is 3. The number of Topliss-reactive ketones (excluding diaryl/α,β-unsaturated/α-hetero) is 2. The van der Waals surface area contributed by atoms with Gasteiger partial charge < -0.3 is 0 Å². The van der Waals surface area contributed by atoms with Crippen molar-refractivity contribution in [3.05, 3.63) is 70.8 Å². The van der Waals surface area contributed by atoms with Gasteiger partial charge in [0.05, 0.1) is 11.5 Å². The second-order valence-corrected chi connectivity index (χ2v) is 5.22. The first-order chi connectivity index (χ1) is 10.4. The lowest BCUT2D eigenvalue weighted by atomic mass is 9.77. The smallest absolute Gasteiger partial charge is 0.290 e. The van der Waals surface area contributed by atoms with E-state index in [9.17, 15) is 22.8 Å². The maximum absolute atomic E-state index is 12.9. The molecule has 0 heterocycles. The standard InChI is InChI=1S/C17H11F3O2/c18-17(19,20)12-6-3-5-11(8-12)15-13-7-2-1-4-10(13)9-14(21)16(15)22/h1-8,15H,9H2. The third-order valence-electron chi connectivity index (χ3n) is 3.80. The minimum Gasteiger partial charge on any atom is -0.290 e. The average Bonchev–Trinajstić information content (AvgIpc) is 2.48. The molecule has 112 valence electrons. The minimum absolute atomic E-state index is 0.00443. The van der Waals surface area contributed by atoms with E-state index in [-0.39, 0.29) is 12.0 Å². The van der Waals surface area contributed by atoms with E-state index in [2.05, 4.69) is 0 Å². The first kappa shape index (κ1) is 14.5. The summed E-state index contributed by atoms with van der Waals surface area (Å²) in [6.45, 7) is 0. The van der Waals surface area contributed by atoms with Crippen LogP contribution in [0.5, 0.6) is 0 Å². The molecule has 0 aliphatic heterocycles. The van der Waals surface area contributed by atoms with Crippen molar-refractivity contribution in [3.8, 4) is 0 Å². The molecule has 0 N–H and O–H groups in total. The number of fused-ring (bicyclic) bond motifs is 1. The summed E-state index contributed by atoms with van der Waals surface area (Å²) in [6.07, 6.45) is -4.48. The van der Waals surface area contributed by atoms with Gasteiger partial charge >= 0.3 is 6.18 Å². The van der Waals surface area contributed by atoms with Crippen LogP contribution in [0.15, 0.2) is 48.5 Å². The molecule has 1 atom stereocenters. The van der Waals surface area contributed by atoms with Crippen molar-refractivity contribution in [2.24, 2.45) is 0 Å². The highest BCUT2D eigenvalue weighted by Crippen LogP contribution is 2.36. The van der Waals surface area contributed by atoms with Crippen LogP contribution in [0, 0.1) is 0 Å². The normalized spacial score (nSPS) is 18.2. The molecule has 0 spiro atoms. The molecule has 5 heteroatoms. The highest BCUT2D eigenvalue weighted by molar-refractivity contribution is 6.41. The number of rotatable bonds is 1. The lowest BCUT2D eigenvalue weighted by Crippen LogP contribution is -2.30. The molecular weight excluding hydrogens is 293 g/mol. The molecule has 2 nitrogen and oxygen atoms in total. The molecule has 0 amide bonds. The van der Waals surface area contributed by atoms with Gasteiger partial charge in [-0.15, -0.1) is 0 Å². The van der Waals surface area contributed by atoms with E-state index in [1.54, 1.807) is 24.3 Å². The Kier molecular flexibility index (Phi) is 3.35. The zero-order valence-corrected chi connectivity index (χ0v) is 11.4. The van der Waals surface area contributed by atoms with Crippen LogP contribution in [0.3, 0.4) is 0 Å². The van der Waals surface area contributed by atoms with E-state index >= 15 is 0 Å². The SMILES string of the molecule is O=C1Cc2ccccc2C(c2cccc(C(F)(F)F)c2)C1=O. The summed E-state index contributed by atoms with van der Waals surface area (Å²) >= 11 is 0. The van der Waals surface area contributed by atoms with Crippen molar-refractivity contribution in [3.63, 3.8) is 0 Å². The Morgan fingerprint density at radius 2 is 1.68 bits per heavy atom. The molecule has 0 radical (unpaired) electrons. The quantitative estimate of drug-likeness (QED) is 0.755. The molecule has 0 saturated carbocycles. The number of carbonyl (C=O) groups excluding carboxylic acids is 2. The Labute approximate surface area is 124 Å². The van der Waals surface area contributed by atoms with Crippen LogP contribution in [-0.2, 0) is 22.2 Å². The predicted octanol–water partition coefficient (Wildman–Crippen LogP) is 3.53. The van der Waals surface area contributed by atoms with E-state index in [0.717, 1.165) is 12.1 Å². The fourth-order valence-corrected chi connectivity index (χ4v) is 2.76. The number of ketones is 2. The molecule has 1 aliphatic rings. The van der Waals surface area contributed by atoms with Crippen molar-refractivity contribution in [2.75, 3.05) is 0 Å². The second-order valence-electron chi connectivity index (χ2n) is 5.22. The number of benzene rings is 2. The van der Waals surface area contributed by atoms with Crippen LogP contribution >= 0.6 is 0 Å². The average molecular weight is 304 g/mol. The van der Waals surface area contributed by atoms with Gasteiger partial charge in [-0.3, -0.25) is 9.59 Å². The highest BCUT2D eigenvalue weighted by Gasteiger charge is 2.36. The van der Waals surface area contributed by atoms with Gasteiger partial charge in [0.1, 0.15) is 0 Å². The lowest BCUT2D eigenvalue weighted by molar-refractivity contribution is -0.138. The zero-order chi connectivity index (χ0) is 15.9. The number of alkyl halides is 3. The molecule has 22 heavy (non-hydrogen) atoms. The zero-order valence-electron chi connectivity index (χ0n) is 11.4. The van der Waals surface area contributed by atoms with Gasteiger partial charge in [0, 0.05) is 6.42 Å². The van der Waals surface area contributed by atoms with Crippen LogP contribution in [0.4, 0.5) is 13.2 Å². The number of hydrogen-bond donors (Lipinski definition) is 0. The molecule has 0 bridgehead atoms. The Morgan fingerprint density at radius 3 is 2.41 bits per heavy atom. The third-order valence-corrected chi connectivity index (χ3v) is 3.80. The maximum atomic E-state index is 12.9. The van der Waals surface area contributed by atoms with Crippen LogP contribution in [-0.4, -0.2) is 11.6 Å². The molecule has 0 saturated heterocycles. The summed E-state index contributed by atoms with van der Waals surface area (Å²) < 4.78 is 38.6. The van der Waals surface area contributed by atoms with Crippen molar-refractivity contribution in [2.45, 2.75) is 18.5 Å². The van der Waals surface area contributed by atoms with Crippen LogP contribution in [0.1, 0.15) is 28.2 Å². The molecule has 0 aromatic heterocycles. The van der Waals surface area contributed by atoms with Gasteiger partial charge in [0.15, 0.2) is 0 Å². The Balaban J connectivity index is 2.15. The largest absolute Gasteiger partial charge is 0.416 e. The van der Waals surface area contributed by atoms with Gasteiger partial charge in [0.25, 0.3) is 0 Å². The fraction of sp³-hybridized carbons (Fsp3) is 0.176. The van der Waals surface area contributed by atoms with Gasteiger partial charge in [-0.25, -0.2) is 0 Å². The monoisotopic (exact) mass is 304 g/mol. The van der Waals surface area contributed by atoms with Gasteiger partial charge in [0.2, 0.25) is 11.6 Å². The Morgan fingerprint density at radius 1 is 0.955 bits per heavy atom. The summed E-state index contributed by atoms with van der Waals surface area (Å²) in [5.41, 5.74) is 0.662. The van der Waals surface area contributed by atoms with E-state index in [4.69, 9.17) is 0 Å².